The molecule has 0 amide bonds. The van der Waals surface area contributed by atoms with Crippen LogP contribution in [0.1, 0.15) is 31.4 Å². The van der Waals surface area contributed by atoms with Gasteiger partial charge in [-0.05, 0) is 43.2 Å². The summed E-state index contributed by atoms with van der Waals surface area (Å²) in [5.41, 5.74) is 2.45. The van der Waals surface area contributed by atoms with Gasteiger partial charge in [0.25, 0.3) is 0 Å². The fourth-order valence-electron chi connectivity index (χ4n) is 3.48. The number of amidine groups is 1. The monoisotopic (exact) mass is 390 g/mol. The molecule has 3 aromatic carbocycles. The second-order valence-electron chi connectivity index (χ2n) is 7.23. The number of hydrogen-bond donors (Lipinski definition) is 1. The van der Waals surface area contributed by atoms with Crippen LogP contribution in [0, 0.1) is 0 Å². The number of hydrogen-bond acceptors (Lipinski definition) is 4. The van der Waals surface area contributed by atoms with Crippen molar-refractivity contribution in [3.05, 3.63) is 71.8 Å². The van der Waals surface area contributed by atoms with Crippen LogP contribution in [0.25, 0.3) is 10.8 Å². The topological polar surface area (TPSA) is 33.6 Å². The van der Waals surface area contributed by atoms with Gasteiger partial charge in [-0.3, -0.25) is 4.99 Å². The zero-order valence-electron chi connectivity index (χ0n) is 16.4. The standard InChI is InChI=1S/C24H26N2OS/c1-17(2)27-22-13-12-18-8-3-4-9-19(18)21(22)16-28-23-11-6-5-10-20(23)24-25-14-7-15-26-24/h3-6,8-13,17H,7,14-16H2,1-2H3,(H,25,26). The van der Waals surface area contributed by atoms with Crippen molar-refractivity contribution in [3.63, 3.8) is 0 Å². The number of ether oxygens (including phenoxy) is 1. The summed E-state index contributed by atoms with van der Waals surface area (Å²) < 4.78 is 6.14. The minimum Gasteiger partial charge on any atom is -0.491 e. The Morgan fingerprint density at radius 3 is 2.68 bits per heavy atom. The van der Waals surface area contributed by atoms with Crippen molar-refractivity contribution in [3.8, 4) is 5.75 Å². The number of nitrogens with one attached hydrogen (secondary N) is 1. The smallest absolute Gasteiger partial charge is 0.129 e. The molecule has 0 aliphatic carbocycles. The van der Waals surface area contributed by atoms with E-state index in [9.17, 15) is 0 Å². The Bertz CT molecular complexity index is 997. The van der Waals surface area contributed by atoms with E-state index in [1.807, 2.05) is 11.8 Å². The van der Waals surface area contributed by atoms with Crippen LogP contribution < -0.4 is 10.1 Å². The molecule has 1 aliphatic heterocycles. The van der Waals surface area contributed by atoms with Crippen LogP contribution in [-0.4, -0.2) is 25.0 Å². The Morgan fingerprint density at radius 2 is 1.86 bits per heavy atom. The van der Waals surface area contributed by atoms with E-state index in [-0.39, 0.29) is 6.10 Å². The largest absolute Gasteiger partial charge is 0.491 e. The maximum Gasteiger partial charge on any atom is 0.129 e. The van der Waals surface area contributed by atoms with Gasteiger partial charge in [-0.25, -0.2) is 0 Å². The molecule has 0 spiro atoms. The summed E-state index contributed by atoms with van der Waals surface area (Å²) in [7, 11) is 0. The first kappa shape index (κ1) is 18.9. The molecule has 0 aromatic heterocycles. The van der Waals surface area contributed by atoms with Crippen molar-refractivity contribution in [2.45, 2.75) is 37.0 Å². The predicted octanol–water partition coefficient (Wildman–Crippen LogP) is 5.66. The summed E-state index contributed by atoms with van der Waals surface area (Å²) in [5, 5.41) is 5.97. The molecule has 1 N–H and O–H groups in total. The summed E-state index contributed by atoms with van der Waals surface area (Å²) in [4.78, 5) is 5.94. The molecule has 3 nitrogen and oxygen atoms in total. The molecule has 4 rings (SSSR count). The highest BCUT2D eigenvalue weighted by atomic mass is 32.2. The van der Waals surface area contributed by atoms with Gasteiger partial charge in [-0.1, -0.05) is 48.5 Å². The normalized spacial score (nSPS) is 14.0. The first-order chi connectivity index (χ1) is 13.7. The molecule has 1 aliphatic rings. The average molecular weight is 391 g/mol. The van der Waals surface area contributed by atoms with Gasteiger partial charge in [-0.15, -0.1) is 11.8 Å². The quantitative estimate of drug-likeness (QED) is 0.552. The van der Waals surface area contributed by atoms with Crippen molar-refractivity contribution in [1.29, 1.82) is 0 Å². The highest BCUT2D eigenvalue weighted by Crippen LogP contribution is 2.35. The second-order valence-corrected chi connectivity index (χ2v) is 8.24. The molecule has 0 unspecified atom stereocenters. The van der Waals surface area contributed by atoms with Gasteiger partial charge >= 0.3 is 0 Å². The van der Waals surface area contributed by atoms with Crippen molar-refractivity contribution in [1.82, 2.24) is 5.32 Å². The van der Waals surface area contributed by atoms with Gasteiger partial charge < -0.3 is 10.1 Å². The Morgan fingerprint density at radius 1 is 1.04 bits per heavy atom. The highest BCUT2D eigenvalue weighted by molar-refractivity contribution is 7.98. The van der Waals surface area contributed by atoms with E-state index < -0.39 is 0 Å². The molecular weight excluding hydrogens is 364 g/mol. The van der Waals surface area contributed by atoms with E-state index in [0.717, 1.165) is 36.8 Å². The zero-order chi connectivity index (χ0) is 19.3. The molecule has 0 bridgehead atoms. The van der Waals surface area contributed by atoms with Gasteiger partial charge in [0.1, 0.15) is 11.6 Å². The fraction of sp³-hybridized carbons (Fsp3) is 0.292. The summed E-state index contributed by atoms with van der Waals surface area (Å²) >= 11 is 1.85. The Balaban J connectivity index is 1.67. The summed E-state index contributed by atoms with van der Waals surface area (Å²) in [6.45, 7) is 6.05. The molecule has 0 radical (unpaired) electrons. The average Bonchev–Trinajstić information content (AvgIpc) is 2.73. The van der Waals surface area contributed by atoms with Crippen molar-refractivity contribution < 1.29 is 4.74 Å². The lowest BCUT2D eigenvalue weighted by Crippen LogP contribution is -2.30. The third-order valence-corrected chi connectivity index (χ3v) is 5.87. The molecule has 1 heterocycles. The molecule has 0 atom stereocenters. The third kappa shape index (κ3) is 4.17. The second kappa shape index (κ2) is 8.70. The predicted molar refractivity (Wildman–Crippen MR) is 120 cm³/mol. The molecule has 144 valence electrons. The Labute approximate surface area is 171 Å². The van der Waals surface area contributed by atoms with E-state index in [1.54, 1.807) is 0 Å². The first-order valence-corrected chi connectivity index (χ1v) is 10.9. The van der Waals surface area contributed by atoms with Gasteiger partial charge in [0.15, 0.2) is 0 Å². The number of fused-ring (bicyclic) bond motifs is 1. The van der Waals surface area contributed by atoms with Gasteiger partial charge in [-0.2, -0.15) is 0 Å². The molecule has 4 heteroatoms. The summed E-state index contributed by atoms with van der Waals surface area (Å²) in [5.74, 6) is 2.85. The third-order valence-electron chi connectivity index (χ3n) is 4.77. The van der Waals surface area contributed by atoms with E-state index in [1.165, 1.54) is 26.8 Å². The molecule has 0 saturated heterocycles. The number of rotatable bonds is 6. The lowest BCUT2D eigenvalue weighted by Gasteiger charge is -2.19. The molecule has 0 saturated carbocycles. The fourth-order valence-corrected chi connectivity index (χ4v) is 4.57. The highest BCUT2D eigenvalue weighted by Gasteiger charge is 2.15. The number of aliphatic imine (C=N–C) groups is 1. The van der Waals surface area contributed by atoms with E-state index in [2.05, 4.69) is 84.8 Å². The SMILES string of the molecule is CC(C)Oc1ccc2ccccc2c1CSc1ccccc1C1=NCCCN1. The van der Waals surface area contributed by atoms with E-state index in [0.29, 0.717) is 0 Å². The lowest BCUT2D eigenvalue weighted by atomic mass is 10.0. The molecule has 0 fully saturated rings. The van der Waals surface area contributed by atoms with Gasteiger partial charge in [0.05, 0.1) is 6.10 Å². The Hall–Kier alpha value is -2.46. The van der Waals surface area contributed by atoms with Crippen molar-refractivity contribution >= 4 is 28.4 Å². The summed E-state index contributed by atoms with van der Waals surface area (Å²) in [6, 6.07) is 21.3. The van der Waals surface area contributed by atoms with Crippen LogP contribution in [0.15, 0.2) is 70.6 Å². The number of thioether (sulfide) groups is 1. The Kier molecular flexibility index (Phi) is 5.87. The maximum absolute atomic E-state index is 6.14. The number of benzene rings is 3. The molecule has 3 aromatic rings. The minimum atomic E-state index is 0.151. The molecule has 28 heavy (non-hydrogen) atoms. The zero-order valence-corrected chi connectivity index (χ0v) is 17.3. The van der Waals surface area contributed by atoms with Gasteiger partial charge in [0.2, 0.25) is 0 Å². The van der Waals surface area contributed by atoms with Crippen LogP contribution in [0.3, 0.4) is 0 Å². The van der Waals surface area contributed by atoms with Crippen LogP contribution in [0.2, 0.25) is 0 Å². The van der Waals surface area contributed by atoms with Crippen molar-refractivity contribution in [2.75, 3.05) is 13.1 Å². The maximum atomic E-state index is 6.14. The minimum absolute atomic E-state index is 0.151. The molecular formula is C24H26N2OS. The van der Waals surface area contributed by atoms with Gasteiger partial charge in [0, 0.05) is 34.9 Å². The lowest BCUT2D eigenvalue weighted by molar-refractivity contribution is 0.241. The van der Waals surface area contributed by atoms with Crippen LogP contribution in [-0.2, 0) is 5.75 Å². The number of nitrogens with zero attached hydrogens (tertiary/aromatic N) is 1. The van der Waals surface area contributed by atoms with E-state index in [4.69, 9.17) is 4.74 Å². The first-order valence-electron chi connectivity index (χ1n) is 9.90. The van der Waals surface area contributed by atoms with Crippen molar-refractivity contribution in [2.24, 2.45) is 4.99 Å². The summed E-state index contributed by atoms with van der Waals surface area (Å²) in [6.07, 6.45) is 1.25. The van der Waals surface area contributed by atoms with Crippen LogP contribution >= 0.6 is 11.8 Å². The van der Waals surface area contributed by atoms with E-state index >= 15 is 0 Å². The van der Waals surface area contributed by atoms with Crippen LogP contribution in [0.5, 0.6) is 5.75 Å². The van der Waals surface area contributed by atoms with Crippen LogP contribution in [0.4, 0.5) is 0 Å².